The maximum absolute atomic E-state index is 14.3. The number of aromatic nitrogens is 3. The molecule has 0 radical (unpaired) electrons. The van der Waals surface area contributed by atoms with Crippen LogP contribution in [0.5, 0.6) is 0 Å². The zero-order valence-electron chi connectivity index (χ0n) is 22.2. The third-order valence-electron chi connectivity index (χ3n) is 6.68. The van der Waals surface area contributed by atoms with Crippen LogP contribution in [0.4, 0.5) is 21.5 Å². The maximum Gasteiger partial charge on any atom is 0.146 e. The summed E-state index contributed by atoms with van der Waals surface area (Å²) in [7, 11) is 0. The number of nitrogens with one attached hydrogen (secondary N) is 4. The molecule has 0 amide bonds. The van der Waals surface area contributed by atoms with Crippen LogP contribution >= 0.6 is 11.6 Å². The van der Waals surface area contributed by atoms with Crippen molar-refractivity contribution < 1.29 is 5.76 Å². The highest BCUT2D eigenvalue weighted by atomic mass is 35.5. The first-order valence-corrected chi connectivity index (χ1v) is 12.8. The molecule has 0 spiro atoms. The number of pyridine rings is 3. The topological polar surface area (TPSA) is 114 Å². The minimum atomic E-state index is -1.48. The molecular formula is C28H25ClFN9. The Balaban J connectivity index is 1.47. The van der Waals surface area contributed by atoms with Crippen LogP contribution in [0.25, 0.3) is 10.9 Å². The van der Waals surface area contributed by atoms with Gasteiger partial charge in [0.15, 0.2) is 0 Å². The van der Waals surface area contributed by atoms with Gasteiger partial charge in [-0.2, -0.15) is 5.26 Å². The van der Waals surface area contributed by atoms with Crippen LogP contribution in [0.15, 0.2) is 60.8 Å². The first-order chi connectivity index (χ1) is 19.3. The average molecular weight is 543 g/mol. The van der Waals surface area contributed by atoms with Crippen molar-refractivity contribution in [3.63, 3.8) is 0 Å². The van der Waals surface area contributed by atoms with Crippen molar-refractivity contribution in [2.45, 2.75) is 38.7 Å². The molecule has 1 aliphatic carbocycles. The van der Waals surface area contributed by atoms with Crippen molar-refractivity contribution >= 4 is 39.6 Å². The fourth-order valence-corrected chi connectivity index (χ4v) is 4.72. The van der Waals surface area contributed by atoms with Crippen molar-refractivity contribution in [3.05, 3.63) is 94.2 Å². The molecule has 0 unspecified atom stereocenters. The molecule has 3 aromatic heterocycles. The average Bonchev–Trinajstić information content (AvgIpc) is 3.66. The summed E-state index contributed by atoms with van der Waals surface area (Å²) in [6.45, 7) is 3.43. The first kappa shape index (κ1) is 23.6. The molecule has 0 saturated heterocycles. The van der Waals surface area contributed by atoms with Crippen molar-refractivity contribution in [1.82, 2.24) is 30.9 Å². The molecule has 6 rings (SSSR count). The number of nitrogens with zero attached hydrogens (tertiary/aromatic N) is 5. The first-order valence-electron chi connectivity index (χ1n) is 12.9. The van der Waals surface area contributed by atoms with Crippen molar-refractivity contribution in [2.75, 3.05) is 10.6 Å². The largest absolute Gasteiger partial charge is 0.373 e. The van der Waals surface area contributed by atoms with Gasteiger partial charge in [-0.3, -0.25) is 20.0 Å². The number of halogens is 2. The number of hydrogen-bond acceptors (Lipinski definition) is 9. The van der Waals surface area contributed by atoms with E-state index in [0.29, 0.717) is 56.0 Å². The molecule has 2 aliphatic rings. The number of hydrogen-bond donors (Lipinski definition) is 4. The monoisotopic (exact) mass is 542 g/mol. The molecule has 1 aliphatic heterocycles. The molecule has 4 heterocycles. The van der Waals surface area contributed by atoms with Gasteiger partial charge in [0.2, 0.25) is 0 Å². The van der Waals surface area contributed by atoms with Crippen molar-refractivity contribution in [2.24, 2.45) is 0 Å². The van der Waals surface area contributed by atoms with E-state index in [4.69, 9.17) is 11.6 Å². The Hall–Kier alpha value is -4.46. The van der Waals surface area contributed by atoms with E-state index in [0.717, 1.165) is 12.8 Å². The molecule has 11 heteroatoms. The van der Waals surface area contributed by atoms with Crippen LogP contribution in [0.1, 0.15) is 42.7 Å². The highest BCUT2D eigenvalue weighted by molar-refractivity contribution is 6.36. The van der Waals surface area contributed by atoms with Gasteiger partial charge in [-0.1, -0.05) is 17.7 Å². The lowest BCUT2D eigenvalue weighted by Crippen LogP contribution is -2.38. The van der Waals surface area contributed by atoms with E-state index in [-0.39, 0.29) is 11.3 Å². The Morgan fingerprint density at radius 1 is 1.18 bits per heavy atom. The summed E-state index contributed by atoms with van der Waals surface area (Å²) >= 11 is 6.71. The summed E-state index contributed by atoms with van der Waals surface area (Å²) in [6, 6.07) is 9.46. The number of aryl methyl sites for hydroxylation is 2. The molecule has 4 N–H and O–H groups in total. The normalized spacial score (nSPS) is 16.6. The van der Waals surface area contributed by atoms with E-state index in [1.165, 1.54) is 18.5 Å². The van der Waals surface area contributed by atoms with Gasteiger partial charge in [-0.15, -0.1) is 5.53 Å². The highest BCUT2D eigenvalue weighted by Crippen LogP contribution is 2.37. The number of hydrazine groups is 2. The summed E-state index contributed by atoms with van der Waals surface area (Å²) < 4.78 is 24.0. The van der Waals surface area contributed by atoms with E-state index in [1.54, 1.807) is 31.3 Å². The molecular weight excluding hydrogens is 517 g/mol. The second kappa shape index (κ2) is 10.0. The van der Waals surface area contributed by atoms with E-state index in [1.807, 2.05) is 24.2 Å². The van der Waals surface area contributed by atoms with Crippen LogP contribution in [0, 0.1) is 31.0 Å². The van der Waals surface area contributed by atoms with Gasteiger partial charge in [-0.25, -0.2) is 4.39 Å². The third-order valence-corrected chi connectivity index (χ3v) is 6.97. The van der Waals surface area contributed by atoms with Gasteiger partial charge in [-0.05, 0) is 44.9 Å². The lowest BCUT2D eigenvalue weighted by Gasteiger charge is -2.23. The Morgan fingerprint density at radius 2 is 2.03 bits per heavy atom. The number of anilines is 3. The molecule has 1 fully saturated rings. The number of rotatable bonds is 7. The Morgan fingerprint density at radius 3 is 2.77 bits per heavy atom. The number of benzene rings is 1. The lowest BCUT2D eigenvalue weighted by molar-refractivity contribution is 0.260. The van der Waals surface area contributed by atoms with Crippen LogP contribution in [-0.4, -0.2) is 26.0 Å². The quantitative estimate of drug-likeness (QED) is 0.239. The smallest absolute Gasteiger partial charge is 0.146 e. The zero-order chi connectivity index (χ0) is 28.0. The van der Waals surface area contributed by atoms with E-state index < -0.39 is 11.8 Å². The van der Waals surface area contributed by atoms with Gasteiger partial charge in [0, 0.05) is 53.0 Å². The highest BCUT2D eigenvalue weighted by Gasteiger charge is 2.32. The fourth-order valence-electron chi connectivity index (χ4n) is 4.45. The predicted molar refractivity (Wildman–Crippen MR) is 148 cm³/mol. The minimum Gasteiger partial charge on any atom is -0.373 e. The summed E-state index contributed by atoms with van der Waals surface area (Å²) in [5, 5.41) is 19.1. The lowest BCUT2D eigenvalue weighted by atomic mass is 10.0. The molecule has 196 valence electrons. The molecule has 9 nitrogen and oxygen atoms in total. The molecule has 0 bridgehead atoms. The van der Waals surface area contributed by atoms with Crippen LogP contribution in [0.3, 0.4) is 0 Å². The second-order valence-electron chi connectivity index (χ2n) is 9.48. The SMILES string of the molecule is [2H][C@](Nc1cc(Cl)c2ncc(C#N)c(Nc3cnc(C)c(F)c3)c2c1)(C1=CN(C2CC2)NN1)c1cccnc1C. The van der Waals surface area contributed by atoms with Gasteiger partial charge in [0.25, 0.3) is 0 Å². The van der Waals surface area contributed by atoms with Crippen LogP contribution < -0.4 is 21.6 Å². The molecule has 1 atom stereocenters. The molecule has 39 heavy (non-hydrogen) atoms. The number of nitriles is 1. The molecule has 4 aromatic rings. The van der Waals surface area contributed by atoms with Gasteiger partial charge >= 0.3 is 0 Å². The summed E-state index contributed by atoms with van der Waals surface area (Å²) in [4.78, 5) is 12.9. The van der Waals surface area contributed by atoms with Gasteiger partial charge in [0.05, 0.1) is 52.5 Å². The minimum absolute atomic E-state index is 0.242. The Kier molecular flexibility index (Phi) is 6.07. The number of fused-ring (bicyclic) bond motifs is 1. The Labute approximate surface area is 231 Å². The Bertz CT molecular complexity index is 1720. The summed E-state index contributed by atoms with van der Waals surface area (Å²) in [5.74, 6) is -0.473. The van der Waals surface area contributed by atoms with E-state index in [2.05, 4.69) is 42.6 Å². The third kappa shape index (κ3) is 4.90. The van der Waals surface area contributed by atoms with Gasteiger partial charge in [0.1, 0.15) is 11.9 Å². The van der Waals surface area contributed by atoms with Crippen molar-refractivity contribution in [1.29, 1.82) is 5.26 Å². The standard InChI is InChI=1S/C28H25ClFN9/c1-15-21(4-3-7-32-15)28(25-14-39(38-37-25)20-5-6-20)35-18-8-22-26(36-19-10-24(30)16(2)33-13-19)17(11-31)12-34-27(22)23(29)9-18/h3-4,7-10,12-14,20,28,35,37-38H,5-6H2,1-2H3,(H,34,36)/t28-/m1/s1/i28D. The maximum atomic E-state index is 14.3. The summed E-state index contributed by atoms with van der Waals surface area (Å²) in [5.41, 5.74) is 10.4. The van der Waals surface area contributed by atoms with Crippen LogP contribution in [0.2, 0.25) is 5.02 Å². The van der Waals surface area contributed by atoms with Crippen molar-refractivity contribution in [3.8, 4) is 6.07 Å². The summed E-state index contributed by atoms with van der Waals surface area (Å²) in [6.07, 6.45) is 8.65. The van der Waals surface area contributed by atoms with E-state index >= 15 is 0 Å². The second-order valence-corrected chi connectivity index (χ2v) is 9.89. The van der Waals surface area contributed by atoms with Gasteiger partial charge < -0.3 is 16.1 Å². The fraction of sp³-hybridized carbons (Fsp3) is 0.214. The molecule has 1 aromatic carbocycles. The predicted octanol–water partition coefficient (Wildman–Crippen LogP) is 5.53. The van der Waals surface area contributed by atoms with E-state index in [9.17, 15) is 11.0 Å². The molecule has 1 saturated carbocycles. The zero-order valence-corrected chi connectivity index (χ0v) is 21.9. The van der Waals surface area contributed by atoms with Crippen LogP contribution in [-0.2, 0) is 0 Å².